The monoisotopic (exact) mass is 466 g/mol. The van der Waals surface area contributed by atoms with Gasteiger partial charge in [0.25, 0.3) is 0 Å². The fourth-order valence-electron chi connectivity index (χ4n) is 4.51. The Labute approximate surface area is 198 Å². The molecule has 8 heteroatoms. The van der Waals surface area contributed by atoms with Crippen molar-refractivity contribution >= 4 is 40.3 Å². The summed E-state index contributed by atoms with van der Waals surface area (Å²) in [6.07, 6.45) is 3.22. The number of rotatable bonds is 7. The van der Waals surface area contributed by atoms with Crippen molar-refractivity contribution in [2.45, 2.75) is 56.9 Å². The standard InChI is InChI=1S/C25H30N4O3S/c1-17-9-8-10-18(2)29(17)24(31)15-28-21-13-6-4-11-19(21)27-25(28)33-16-23(30)26-20-12-5-7-14-22(20)32-3/h4-7,11-14,17-18H,8-10,15-16H2,1-3H3,(H,26,30)/t17-,18-/m0/s1. The van der Waals surface area contributed by atoms with Gasteiger partial charge in [-0.25, -0.2) is 4.98 Å². The van der Waals surface area contributed by atoms with Gasteiger partial charge in [0.2, 0.25) is 11.8 Å². The minimum absolute atomic E-state index is 0.0955. The van der Waals surface area contributed by atoms with Gasteiger partial charge in [0.05, 0.1) is 29.6 Å². The highest BCUT2D eigenvalue weighted by Gasteiger charge is 2.29. The quantitative estimate of drug-likeness (QED) is 0.517. The molecular formula is C25H30N4O3S. The second-order valence-corrected chi connectivity index (χ2v) is 9.38. The molecule has 0 aliphatic carbocycles. The van der Waals surface area contributed by atoms with Gasteiger partial charge in [-0.1, -0.05) is 36.0 Å². The van der Waals surface area contributed by atoms with Crippen molar-refractivity contribution in [1.29, 1.82) is 0 Å². The van der Waals surface area contributed by atoms with Gasteiger partial charge >= 0.3 is 0 Å². The van der Waals surface area contributed by atoms with E-state index in [0.717, 1.165) is 30.3 Å². The third-order valence-electron chi connectivity index (χ3n) is 6.11. The maximum absolute atomic E-state index is 13.3. The zero-order valence-corrected chi connectivity index (χ0v) is 20.1. The van der Waals surface area contributed by atoms with Crippen LogP contribution >= 0.6 is 11.8 Å². The topological polar surface area (TPSA) is 76.5 Å². The van der Waals surface area contributed by atoms with Gasteiger partial charge in [-0.2, -0.15) is 0 Å². The molecule has 174 valence electrons. The number of carbonyl (C=O) groups excluding carboxylic acids is 2. The van der Waals surface area contributed by atoms with E-state index in [9.17, 15) is 9.59 Å². The summed E-state index contributed by atoms with van der Waals surface area (Å²) in [6.45, 7) is 4.46. The molecule has 0 bridgehead atoms. The maximum Gasteiger partial charge on any atom is 0.243 e. The molecule has 1 N–H and O–H groups in total. The van der Waals surface area contributed by atoms with Crippen LogP contribution in [0.3, 0.4) is 0 Å². The molecular weight excluding hydrogens is 436 g/mol. The number of fused-ring (bicyclic) bond motifs is 1. The van der Waals surface area contributed by atoms with Crippen molar-refractivity contribution in [3.63, 3.8) is 0 Å². The second kappa shape index (κ2) is 10.3. The molecule has 0 unspecified atom stereocenters. The van der Waals surface area contributed by atoms with Crippen molar-refractivity contribution in [3.8, 4) is 5.75 Å². The molecule has 1 aliphatic rings. The Kier molecular flexibility index (Phi) is 7.23. The number of ether oxygens (including phenoxy) is 1. The van der Waals surface area contributed by atoms with E-state index in [2.05, 4.69) is 19.2 Å². The summed E-state index contributed by atoms with van der Waals surface area (Å²) < 4.78 is 7.24. The number of imidazole rings is 1. The molecule has 1 aliphatic heterocycles. The van der Waals surface area contributed by atoms with Crippen LogP contribution in [0.5, 0.6) is 5.75 Å². The number of anilines is 1. The van der Waals surface area contributed by atoms with Crippen LogP contribution in [-0.4, -0.2) is 51.2 Å². The first-order valence-corrected chi connectivity index (χ1v) is 12.3. The molecule has 1 aromatic heterocycles. The molecule has 2 aromatic carbocycles. The number of nitrogens with one attached hydrogen (secondary N) is 1. The molecule has 0 radical (unpaired) electrons. The lowest BCUT2D eigenvalue weighted by atomic mass is 9.97. The normalized spacial score (nSPS) is 18.3. The number of thioether (sulfide) groups is 1. The zero-order chi connectivity index (χ0) is 23.4. The number of piperidine rings is 1. The molecule has 2 heterocycles. The number of amides is 2. The number of para-hydroxylation sites is 4. The van der Waals surface area contributed by atoms with Gasteiger partial charge < -0.3 is 19.5 Å². The van der Waals surface area contributed by atoms with Crippen LogP contribution in [0.15, 0.2) is 53.7 Å². The predicted octanol–water partition coefficient (Wildman–Crippen LogP) is 4.57. The van der Waals surface area contributed by atoms with E-state index >= 15 is 0 Å². The van der Waals surface area contributed by atoms with E-state index < -0.39 is 0 Å². The number of likely N-dealkylation sites (tertiary alicyclic amines) is 1. The van der Waals surface area contributed by atoms with Crippen LogP contribution in [-0.2, 0) is 16.1 Å². The Hall–Kier alpha value is -3.00. The Bertz CT molecular complexity index is 1140. The van der Waals surface area contributed by atoms with Crippen LogP contribution in [0.4, 0.5) is 5.69 Å². The largest absolute Gasteiger partial charge is 0.495 e. The SMILES string of the molecule is COc1ccccc1NC(=O)CSc1nc2ccccc2n1CC(=O)N1[C@@H](C)CCC[C@@H]1C. The number of aromatic nitrogens is 2. The van der Waals surface area contributed by atoms with E-state index in [-0.39, 0.29) is 36.2 Å². The van der Waals surface area contributed by atoms with Crippen LogP contribution in [0, 0.1) is 0 Å². The summed E-state index contributed by atoms with van der Waals surface area (Å²) in [5.74, 6) is 0.718. The van der Waals surface area contributed by atoms with Crippen LogP contribution in [0.1, 0.15) is 33.1 Å². The molecule has 2 atom stereocenters. The number of benzene rings is 2. The van der Waals surface area contributed by atoms with Gasteiger partial charge in [0.1, 0.15) is 12.3 Å². The van der Waals surface area contributed by atoms with Crippen molar-refractivity contribution in [2.24, 2.45) is 0 Å². The lowest BCUT2D eigenvalue weighted by Gasteiger charge is -2.39. The summed E-state index contributed by atoms with van der Waals surface area (Å²) in [6, 6.07) is 15.5. The minimum atomic E-state index is -0.160. The van der Waals surface area contributed by atoms with Crippen LogP contribution < -0.4 is 10.1 Å². The maximum atomic E-state index is 13.3. The fraction of sp³-hybridized carbons (Fsp3) is 0.400. The van der Waals surface area contributed by atoms with E-state index in [0.29, 0.717) is 16.6 Å². The van der Waals surface area contributed by atoms with Gasteiger partial charge in [-0.05, 0) is 57.4 Å². The first-order chi connectivity index (χ1) is 16.0. The van der Waals surface area contributed by atoms with E-state index in [1.807, 2.05) is 45.9 Å². The van der Waals surface area contributed by atoms with Crippen molar-refractivity contribution in [3.05, 3.63) is 48.5 Å². The van der Waals surface area contributed by atoms with E-state index in [4.69, 9.17) is 9.72 Å². The zero-order valence-electron chi connectivity index (χ0n) is 19.3. The third kappa shape index (κ3) is 5.16. The Morgan fingerprint density at radius 2 is 1.79 bits per heavy atom. The summed E-state index contributed by atoms with van der Waals surface area (Å²) >= 11 is 1.33. The molecule has 33 heavy (non-hydrogen) atoms. The van der Waals surface area contributed by atoms with E-state index in [1.54, 1.807) is 19.2 Å². The summed E-state index contributed by atoms with van der Waals surface area (Å²) in [7, 11) is 1.57. The lowest BCUT2D eigenvalue weighted by molar-refractivity contribution is -0.138. The van der Waals surface area contributed by atoms with E-state index in [1.165, 1.54) is 11.8 Å². The summed E-state index contributed by atoms with van der Waals surface area (Å²) in [5.41, 5.74) is 2.34. The van der Waals surface area contributed by atoms with Gasteiger partial charge in [0, 0.05) is 12.1 Å². The Balaban J connectivity index is 1.51. The molecule has 1 saturated heterocycles. The highest BCUT2D eigenvalue weighted by Crippen LogP contribution is 2.28. The van der Waals surface area contributed by atoms with Crippen LogP contribution in [0.25, 0.3) is 11.0 Å². The molecule has 3 aromatic rings. The first kappa shape index (κ1) is 23.2. The van der Waals surface area contributed by atoms with Gasteiger partial charge in [-0.15, -0.1) is 0 Å². The molecule has 1 fully saturated rings. The number of nitrogens with zero attached hydrogens (tertiary/aromatic N) is 3. The highest BCUT2D eigenvalue weighted by atomic mass is 32.2. The molecule has 0 spiro atoms. The second-order valence-electron chi connectivity index (χ2n) is 8.44. The number of carbonyl (C=O) groups is 2. The number of hydrogen-bond acceptors (Lipinski definition) is 5. The van der Waals surface area contributed by atoms with Crippen molar-refractivity contribution in [2.75, 3.05) is 18.2 Å². The molecule has 0 saturated carbocycles. The molecule has 4 rings (SSSR count). The summed E-state index contributed by atoms with van der Waals surface area (Å²) in [5, 5.41) is 3.56. The fourth-order valence-corrected chi connectivity index (χ4v) is 5.32. The van der Waals surface area contributed by atoms with Gasteiger partial charge in [0.15, 0.2) is 5.16 Å². The molecule has 2 amide bonds. The third-order valence-corrected chi connectivity index (χ3v) is 7.08. The van der Waals surface area contributed by atoms with Crippen molar-refractivity contribution < 1.29 is 14.3 Å². The predicted molar refractivity (Wildman–Crippen MR) is 132 cm³/mol. The first-order valence-electron chi connectivity index (χ1n) is 11.3. The minimum Gasteiger partial charge on any atom is -0.495 e. The summed E-state index contributed by atoms with van der Waals surface area (Å²) in [4.78, 5) is 32.7. The Morgan fingerprint density at radius 1 is 1.09 bits per heavy atom. The van der Waals surface area contributed by atoms with Crippen molar-refractivity contribution in [1.82, 2.24) is 14.5 Å². The number of hydrogen-bond donors (Lipinski definition) is 1. The Morgan fingerprint density at radius 3 is 2.55 bits per heavy atom. The average Bonchev–Trinajstić information content (AvgIpc) is 3.15. The smallest absolute Gasteiger partial charge is 0.243 e. The lowest BCUT2D eigenvalue weighted by Crippen LogP contribution is -2.48. The highest BCUT2D eigenvalue weighted by molar-refractivity contribution is 7.99. The van der Waals surface area contributed by atoms with Gasteiger partial charge in [-0.3, -0.25) is 9.59 Å². The molecule has 7 nitrogen and oxygen atoms in total. The average molecular weight is 467 g/mol. The van der Waals surface area contributed by atoms with Crippen LogP contribution in [0.2, 0.25) is 0 Å². The number of methoxy groups -OCH3 is 1.